The molecule has 2 aromatic carbocycles. The van der Waals surface area contributed by atoms with E-state index in [1.54, 1.807) is 18.6 Å². The van der Waals surface area contributed by atoms with Crippen LogP contribution in [0.4, 0.5) is 11.6 Å². The van der Waals surface area contributed by atoms with Gasteiger partial charge in [-0.15, -0.1) is 0 Å². The van der Waals surface area contributed by atoms with E-state index in [1.807, 2.05) is 55.5 Å². The zero-order valence-electron chi connectivity index (χ0n) is 16.6. The highest BCUT2D eigenvalue weighted by atomic mass is 35.5. The van der Waals surface area contributed by atoms with Crippen molar-refractivity contribution in [2.45, 2.75) is 19.9 Å². The van der Waals surface area contributed by atoms with E-state index in [1.165, 1.54) is 6.92 Å². The molecule has 4 aromatic rings. The Kier molecular flexibility index (Phi) is 5.59. The molecule has 0 spiro atoms. The monoisotopic (exact) mass is 417 g/mol. The van der Waals surface area contributed by atoms with Crippen LogP contribution in [0.5, 0.6) is 0 Å². The second-order valence-electron chi connectivity index (χ2n) is 6.99. The summed E-state index contributed by atoms with van der Waals surface area (Å²) in [7, 11) is 0. The second-order valence-corrected chi connectivity index (χ2v) is 7.40. The number of amides is 1. The van der Waals surface area contributed by atoms with Gasteiger partial charge in [-0.05, 0) is 60.0 Å². The SMILES string of the molecule is CC(=O)N[C@H](C)c1ccc(Nc2ncc3cc(-c4ccncc4)cc(Cl)c3n2)cc1. The van der Waals surface area contributed by atoms with E-state index >= 15 is 0 Å². The number of carbonyl (C=O) groups is 1. The third kappa shape index (κ3) is 4.39. The Morgan fingerprint density at radius 1 is 1.03 bits per heavy atom. The number of benzene rings is 2. The van der Waals surface area contributed by atoms with Crippen molar-refractivity contribution in [3.8, 4) is 11.1 Å². The molecule has 7 heteroatoms. The first kappa shape index (κ1) is 19.8. The Hall–Kier alpha value is -3.51. The van der Waals surface area contributed by atoms with E-state index in [4.69, 9.17) is 11.6 Å². The molecule has 6 nitrogen and oxygen atoms in total. The quantitative estimate of drug-likeness (QED) is 0.461. The largest absolute Gasteiger partial charge is 0.350 e. The normalized spacial score (nSPS) is 11.8. The Morgan fingerprint density at radius 2 is 1.77 bits per heavy atom. The molecule has 0 fully saturated rings. The molecular weight excluding hydrogens is 398 g/mol. The lowest BCUT2D eigenvalue weighted by atomic mass is 10.1. The van der Waals surface area contributed by atoms with Gasteiger partial charge in [-0.2, -0.15) is 0 Å². The minimum absolute atomic E-state index is 0.0538. The van der Waals surface area contributed by atoms with E-state index in [0.29, 0.717) is 16.5 Å². The van der Waals surface area contributed by atoms with Gasteiger partial charge in [0.2, 0.25) is 11.9 Å². The second kappa shape index (κ2) is 8.47. The van der Waals surface area contributed by atoms with Gasteiger partial charge in [0.25, 0.3) is 0 Å². The van der Waals surface area contributed by atoms with E-state index < -0.39 is 0 Å². The van der Waals surface area contributed by atoms with E-state index in [0.717, 1.165) is 27.8 Å². The Balaban J connectivity index is 1.57. The summed E-state index contributed by atoms with van der Waals surface area (Å²) in [5.41, 5.74) is 4.56. The van der Waals surface area contributed by atoms with Gasteiger partial charge in [0.15, 0.2) is 0 Å². The number of aromatic nitrogens is 3. The molecule has 0 saturated heterocycles. The molecule has 150 valence electrons. The number of hydrogen-bond acceptors (Lipinski definition) is 5. The molecular formula is C23H20ClN5O. The summed E-state index contributed by atoms with van der Waals surface area (Å²) in [6.07, 6.45) is 5.26. The van der Waals surface area contributed by atoms with Crippen LogP contribution < -0.4 is 10.6 Å². The lowest BCUT2D eigenvalue weighted by Crippen LogP contribution is -2.23. The van der Waals surface area contributed by atoms with Gasteiger partial charge in [0.1, 0.15) is 0 Å². The van der Waals surface area contributed by atoms with Crippen LogP contribution in [0.1, 0.15) is 25.5 Å². The minimum Gasteiger partial charge on any atom is -0.350 e. The predicted octanol–water partition coefficient (Wildman–Crippen LogP) is 5.29. The average molecular weight is 418 g/mol. The van der Waals surface area contributed by atoms with E-state index in [9.17, 15) is 4.79 Å². The number of fused-ring (bicyclic) bond motifs is 1. The van der Waals surface area contributed by atoms with Gasteiger partial charge in [-0.1, -0.05) is 23.7 Å². The molecule has 0 radical (unpaired) electrons. The zero-order valence-corrected chi connectivity index (χ0v) is 17.3. The fourth-order valence-electron chi connectivity index (χ4n) is 3.25. The number of hydrogen-bond donors (Lipinski definition) is 2. The Bertz CT molecular complexity index is 1200. The first-order valence-electron chi connectivity index (χ1n) is 9.50. The van der Waals surface area contributed by atoms with Gasteiger partial charge in [-0.25, -0.2) is 9.97 Å². The van der Waals surface area contributed by atoms with Crippen molar-refractivity contribution in [2.75, 3.05) is 5.32 Å². The highest BCUT2D eigenvalue weighted by Gasteiger charge is 2.09. The van der Waals surface area contributed by atoms with Crippen molar-refractivity contribution in [1.29, 1.82) is 0 Å². The topological polar surface area (TPSA) is 79.8 Å². The van der Waals surface area contributed by atoms with Crippen molar-refractivity contribution >= 4 is 40.0 Å². The maximum Gasteiger partial charge on any atom is 0.227 e. The van der Waals surface area contributed by atoms with Crippen molar-refractivity contribution < 1.29 is 4.79 Å². The van der Waals surface area contributed by atoms with Gasteiger partial charge < -0.3 is 10.6 Å². The van der Waals surface area contributed by atoms with Crippen molar-refractivity contribution in [3.05, 3.63) is 77.7 Å². The lowest BCUT2D eigenvalue weighted by Gasteiger charge is -2.13. The molecule has 0 bridgehead atoms. The van der Waals surface area contributed by atoms with Crippen LogP contribution in [0.3, 0.4) is 0 Å². The molecule has 2 aromatic heterocycles. The standard InChI is InChI=1S/C23H20ClN5O/c1-14(27-15(2)30)16-3-5-20(6-4-16)28-23-26-13-19-11-18(12-21(24)22(19)29-23)17-7-9-25-10-8-17/h3-14H,1-2H3,(H,27,30)(H,26,28,29)/t14-/m1/s1. The molecule has 1 atom stereocenters. The fraction of sp³-hybridized carbons (Fsp3) is 0.130. The van der Waals surface area contributed by atoms with Gasteiger partial charge in [-0.3, -0.25) is 9.78 Å². The van der Waals surface area contributed by atoms with Crippen LogP contribution in [0, 0.1) is 0 Å². The van der Waals surface area contributed by atoms with Crippen LogP contribution in [0.2, 0.25) is 5.02 Å². The third-order valence-corrected chi connectivity index (χ3v) is 5.02. The van der Waals surface area contributed by atoms with Gasteiger partial charge in [0.05, 0.1) is 16.6 Å². The summed E-state index contributed by atoms with van der Waals surface area (Å²) in [5, 5.41) is 7.49. The number of pyridine rings is 1. The van der Waals surface area contributed by atoms with Crippen LogP contribution in [0.15, 0.2) is 67.1 Å². The number of nitrogens with zero attached hydrogens (tertiary/aromatic N) is 3. The summed E-state index contributed by atoms with van der Waals surface area (Å²) in [5.74, 6) is 0.405. The highest BCUT2D eigenvalue weighted by molar-refractivity contribution is 6.35. The summed E-state index contributed by atoms with van der Waals surface area (Å²) in [6, 6.07) is 15.5. The van der Waals surface area contributed by atoms with Gasteiger partial charge >= 0.3 is 0 Å². The molecule has 0 aliphatic heterocycles. The first-order valence-corrected chi connectivity index (χ1v) is 9.88. The maximum absolute atomic E-state index is 11.2. The molecule has 0 aliphatic carbocycles. The van der Waals surface area contributed by atoms with Crippen LogP contribution in [0.25, 0.3) is 22.0 Å². The maximum atomic E-state index is 11.2. The van der Waals surface area contributed by atoms with Crippen LogP contribution >= 0.6 is 11.6 Å². The molecule has 0 saturated carbocycles. The van der Waals surface area contributed by atoms with Crippen molar-refractivity contribution in [3.63, 3.8) is 0 Å². The molecule has 2 heterocycles. The Labute approximate surface area is 179 Å². The number of halogens is 1. The number of nitrogens with one attached hydrogen (secondary N) is 2. The molecule has 1 amide bonds. The molecule has 0 unspecified atom stereocenters. The Morgan fingerprint density at radius 3 is 2.47 bits per heavy atom. The van der Waals surface area contributed by atoms with Crippen LogP contribution in [-0.4, -0.2) is 20.9 Å². The molecule has 4 rings (SSSR count). The number of carbonyl (C=O) groups excluding carboxylic acids is 1. The summed E-state index contributed by atoms with van der Waals surface area (Å²) in [6.45, 7) is 3.45. The van der Waals surface area contributed by atoms with E-state index in [-0.39, 0.29) is 11.9 Å². The smallest absolute Gasteiger partial charge is 0.227 e. The summed E-state index contributed by atoms with van der Waals surface area (Å²) >= 11 is 6.52. The van der Waals surface area contributed by atoms with Crippen molar-refractivity contribution in [1.82, 2.24) is 20.3 Å². The average Bonchev–Trinajstić information content (AvgIpc) is 2.75. The molecule has 0 aliphatic rings. The van der Waals surface area contributed by atoms with Crippen molar-refractivity contribution in [2.24, 2.45) is 0 Å². The highest BCUT2D eigenvalue weighted by Crippen LogP contribution is 2.30. The minimum atomic E-state index is -0.0572. The first-order chi connectivity index (χ1) is 14.5. The predicted molar refractivity (Wildman–Crippen MR) is 120 cm³/mol. The molecule has 2 N–H and O–H groups in total. The summed E-state index contributed by atoms with van der Waals surface area (Å²) < 4.78 is 0. The van der Waals surface area contributed by atoms with E-state index in [2.05, 4.69) is 25.6 Å². The molecule has 30 heavy (non-hydrogen) atoms. The summed E-state index contributed by atoms with van der Waals surface area (Å²) in [4.78, 5) is 24.3. The number of anilines is 2. The lowest BCUT2D eigenvalue weighted by molar-refractivity contribution is -0.119. The third-order valence-electron chi connectivity index (χ3n) is 4.74. The fourth-order valence-corrected chi connectivity index (χ4v) is 3.51. The zero-order chi connectivity index (χ0) is 21.1. The van der Waals surface area contributed by atoms with Crippen LogP contribution in [-0.2, 0) is 4.79 Å². The number of rotatable bonds is 5. The van der Waals surface area contributed by atoms with Gasteiger partial charge in [0, 0.05) is 36.6 Å².